The van der Waals surface area contributed by atoms with Crippen molar-refractivity contribution in [1.29, 1.82) is 0 Å². The summed E-state index contributed by atoms with van der Waals surface area (Å²) in [7, 11) is 0. The number of hydrogen-bond donors (Lipinski definition) is 1. The summed E-state index contributed by atoms with van der Waals surface area (Å²) in [5.41, 5.74) is 3.82. The molecule has 0 spiro atoms. The highest BCUT2D eigenvalue weighted by Gasteiger charge is 2.16. The van der Waals surface area contributed by atoms with Gasteiger partial charge >= 0.3 is 0 Å². The highest BCUT2D eigenvalue weighted by molar-refractivity contribution is 6.30. The van der Waals surface area contributed by atoms with Crippen molar-refractivity contribution < 1.29 is 13.9 Å². The largest absolute Gasteiger partial charge is 0.486 e. The van der Waals surface area contributed by atoms with Crippen LogP contribution in [-0.4, -0.2) is 15.7 Å². The maximum Gasteiger partial charge on any atom is 0.287 e. The van der Waals surface area contributed by atoms with Crippen molar-refractivity contribution in [3.8, 4) is 11.4 Å². The van der Waals surface area contributed by atoms with E-state index in [2.05, 4.69) is 10.4 Å². The Balaban J connectivity index is 1.38. The van der Waals surface area contributed by atoms with E-state index in [9.17, 15) is 4.79 Å². The van der Waals surface area contributed by atoms with Crippen molar-refractivity contribution in [2.45, 2.75) is 27.0 Å². The molecule has 2 aromatic heterocycles. The van der Waals surface area contributed by atoms with Crippen LogP contribution in [0.4, 0.5) is 0 Å². The van der Waals surface area contributed by atoms with Crippen molar-refractivity contribution in [2.75, 3.05) is 0 Å². The maximum absolute atomic E-state index is 12.6. The van der Waals surface area contributed by atoms with E-state index in [1.807, 2.05) is 61.0 Å². The van der Waals surface area contributed by atoms with E-state index in [0.717, 1.165) is 22.6 Å². The van der Waals surface area contributed by atoms with Gasteiger partial charge in [0.25, 0.3) is 5.91 Å². The molecule has 4 rings (SSSR count). The molecule has 1 N–H and O–H groups in total. The first kappa shape index (κ1) is 20.8. The lowest BCUT2D eigenvalue weighted by Gasteiger charge is -2.06. The van der Waals surface area contributed by atoms with E-state index in [0.29, 0.717) is 23.1 Å². The van der Waals surface area contributed by atoms with Gasteiger partial charge in [-0.15, -0.1) is 0 Å². The standard InChI is InChI=1S/C24H22ClN3O3/c1-16-22(17(2)28(27-16)19-8-4-3-5-9-19)14-26-24(29)23-12-11-21(31-23)15-30-20-10-6-7-18(25)13-20/h3-13H,14-15H2,1-2H3,(H,26,29). The summed E-state index contributed by atoms with van der Waals surface area (Å²) in [5.74, 6) is 1.13. The summed E-state index contributed by atoms with van der Waals surface area (Å²) >= 11 is 5.95. The maximum atomic E-state index is 12.6. The van der Waals surface area contributed by atoms with Crippen LogP contribution in [0.2, 0.25) is 5.02 Å². The third-order valence-electron chi connectivity index (χ3n) is 4.93. The molecule has 158 valence electrons. The summed E-state index contributed by atoms with van der Waals surface area (Å²) < 4.78 is 13.2. The van der Waals surface area contributed by atoms with Crippen molar-refractivity contribution in [3.63, 3.8) is 0 Å². The Morgan fingerprint density at radius 2 is 1.90 bits per heavy atom. The van der Waals surface area contributed by atoms with Crippen LogP contribution in [0.5, 0.6) is 5.75 Å². The Morgan fingerprint density at radius 1 is 1.10 bits per heavy atom. The van der Waals surface area contributed by atoms with Crippen LogP contribution in [0, 0.1) is 13.8 Å². The molecule has 0 aliphatic carbocycles. The first-order valence-corrected chi connectivity index (χ1v) is 10.2. The van der Waals surface area contributed by atoms with Crippen molar-refractivity contribution in [2.24, 2.45) is 0 Å². The van der Waals surface area contributed by atoms with Gasteiger partial charge in [0.1, 0.15) is 18.1 Å². The molecule has 0 saturated carbocycles. The second-order valence-corrected chi connectivity index (χ2v) is 7.53. The number of aryl methyl sites for hydroxylation is 1. The van der Waals surface area contributed by atoms with Gasteiger partial charge in [-0.1, -0.05) is 35.9 Å². The molecule has 31 heavy (non-hydrogen) atoms. The fraction of sp³-hybridized carbons (Fsp3) is 0.167. The number of nitrogens with one attached hydrogen (secondary N) is 1. The average Bonchev–Trinajstić information content (AvgIpc) is 3.36. The highest BCUT2D eigenvalue weighted by atomic mass is 35.5. The van der Waals surface area contributed by atoms with E-state index in [4.69, 9.17) is 20.8 Å². The molecular formula is C24H22ClN3O3. The summed E-state index contributed by atoms with van der Waals surface area (Å²) in [6, 6.07) is 20.4. The topological polar surface area (TPSA) is 69.3 Å². The summed E-state index contributed by atoms with van der Waals surface area (Å²) in [4.78, 5) is 12.6. The zero-order valence-corrected chi connectivity index (χ0v) is 18.0. The van der Waals surface area contributed by atoms with Crippen LogP contribution in [0.3, 0.4) is 0 Å². The molecule has 0 atom stereocenters. The Labute approximate surface area is 185 Å². The first-order chi connectivity index (χ1) is 15.0. The van der Waals surface area contributed by atoms with E-state index in [1.165, 1.54) is 0 Å². The van der Waals surface area contributed by atoms with Crippen LogP contribution in [0.15, 0.2) is 71.1 Å². The van der Waals surface area contributed by atoms with Crippen LogP contribution >= 0.6 is 11.6 Å². The quantitative estimate of drug-likeness (QED) is 0.430. The number of benzene rings is 2. The fourth-order valence-electron chi connectivity index (χ4n) is 3.30. The molecule has 0 unspecified atom stereocenters. The number of carbonyl (C=O) groups is 1. The molecule has 2 heterocycles. The molecule has 0 saturated heterocycles. The molecule has 0 fully saturated rings. The molecule has 1 amide bonds. The highest BCUT2D eigenvalue weighted by Crippen LogP contribution is 2.20. The molecule has 0 bridgehead atoms. The number of para-hydroxylation sites is 1. The Kier molecular flexibility index (Phi) is 6.09. The second-order valence-electron chi connectivity index (χ2n) is 7.09. The second kappa shape index (κ2) is 9.10. The zero-order chi connectivity index (χ0) is 21.8. The van der Waals surface area contributed by atoms with Crippen LogP contribution in [-0.2, 0) is 13.2 Å². The molecule has 0 radical (unpaired) electrons. The number of aromatic nitrogens is 2. The van der Waals surface area contributed by atoms with E-state index >= 15 is 0 Å². The number of carbonyl (C=O) groups excluding carboxylic acids is 1. The average molecular weight is 436 g/mol. The van der Waals surface area contributed by atoms with Gasteiger partial charge in [0.05, 0.1) is 11.4 Å². The number of ether oxygens (including phenoxy) is 1. The Bertz CT molecular complexity index is 1200. The lowest BCUT2D eigenvalue weighted by atomic mass is 10.2. The van der Waals surface area contributed by atoms with Crippen LogP contribution < -0.4 is 10.1 Å². The molecular weight excluding hydrogens is 414 g/mol. The van der Waals surface area contributed by atoms with Gasteiger partial charge in [0.15, 0.2) is 5.76 Å². The first-order valence-electron chi connectivity index (χ1n) is 9.87. The summed E-state index contributed by atoms with van der Waals surface area (Å²) in [6.07, 6.45) is 0. The Hall–Kier alpha value is -3.51. The van der Waals surface area contributed by atoms with Gasteiger partial charge in [-0.3, -0.25) is 4.79 Å². The molecule has 6 nitrogen and oxygen atoms in total. The van der Waals surface area contributed by atoms with Gasteiger partial charge in [0, 0.05) is 22.8 Å². The monoisotopic (exact) mass is 435 g/mol. The van der Waals surface area contributed by atoms with Gasteiger partial charge in [-0.25, -0.2) is 4.68 Å². The smallest absolute Gasteiger partial charge is 0.287 e. The van der Waals surface area contributed by atoms with Gasteiger partial charge < -0.3 is 14.5 Å². The fourth-order valence-corrected chi connectivity index (χ4v) is 3.48. The lowest BCUT2D eigenvalue weighted by Crippen LogP contribution is -2.23. The third-order valence-corrected chi connectivity index (χ3v) is 5.17. The minimum absolute atomic E-state index is 0.204. The predicted octanol–water partition coefficient (Wildman–Crippen LogP) is 5.24. The molecule has 0 aliphatic rings. The molecule has 7 heteroatoms. The normalized spacial score (nSPS) is 10.8. The van der Waals surface area contributed by atoms with Crippen LogP contribution in [0.1, 0.15) is 33.3 Å². The minimum atomic E-state index is -0.291. The van der Waals surface area contributed by atoms with Gasteiger partial charge in [-0.2, -0.15) is 5.10 Å². The SMILES string of the molecule is Cc1nn(-c2ccccc2)c(C)c1CNC(=O)c1ccc(COc2cccc(Cl)c2)o1. The van der Waals surface area contributed by atoms with Crippen molar-refractivity contribution in [1.82, 2.24) is 15.1 Å². The number of rotatable bonds is 7. The number of amides is 1. The number of nitrogens with zero attached hydrogens (tertiary/aromatic N) is 2. The number of hydrogen-bond acceptors (Lipinski definition) is 4. The van der Waals surface area contributed by atoms with E-state index in [1.54, 1.807) is 24.3 Å². The minimum Gasteiger partial charge on any atom is -0.486 e. The van der Waals surface area contributed by atoms with E-state index in [-0.39, 0.29) is 18.3 Å². The predicted molar refractivity (Wildman–Crippen MR) is 119 cm³/mol. The van der Waals surface area contributed by atoms with Crippen LogP contribution in [0.25, 0.3) is 5.69 Å². The third kappa shape index (κ3) is 4.81. The summed E-state index contributed by atoms with van der Waals surface area (Å²) in [5, 5.41) is 8.12. The zero-order valence-electron chi connectivity index (χ0n) is 17.3. The van der Waals surface area contributed by atoms with E-state index < -0.39 is 0 Å². The number of halogens is 1. The lowest BCUT2D eigenvalue weighted by molar-refractivity contribution is 0.0919. The molecule has 2 aromatic carbocycles. The van der Waals surface area contributed by atoms with Crippen molar-refractivity contribution in [3.05, 3.63) is 100 Å². The summed E-state index contributed by atoms with van der Waals surface area (Å²) in [6.45, 7) is 4.49. The molecule has 4 aromatic rings. The van der Waals surface area contributed by atoms with Crippen molar-refractivity contribution >= 4 is 17.5 Å². The molecule has 0 aliphatic heterocycles. The van der Waals surface area contributed by atoms with Gasteiger partial charge in [0.2, 0.25) is 0 Å². The van der Waals surface area contributed by atoms with Gasteiger partial charge in [-0.05, 0) is 56.3 Å². The Morgan fingerprint density at radius 3 is 2.68 bits per heavy atom. The number of furan rings is 1.